The van der Waals surface area contributed by atoms with Crippen molar-refractivity contribution >= 4 is 23.2 Å². The number of likely N-dealkylation sites (N-methyl/N-ethyl adjacent to an activating group) is 1. The van der Waals surface area contributed by atoms with Crippen molar-refractivity contribution in [1.29, 1.82) is 0 Å². The Kier molecular flexibility index (Phi) is 6.37. The summed E-state index contributed by atoms with van der Waals surface area (Å²) in [6.07, 6.45) is 1.63. The van der Waals surface area contributed by atoms with Crippen LogP contribution in [-0.2, 0) is 0 Å². The summed E-state index contributed by atoms with van der Waals surface area (Å²) in [5.41, 5.74) is 3.43. The Hall–Kier alpha value is -2.79. The molecule has 1 amide bonds. The topological polar surface area (TPSA) is 50.2 Å². The van der Waals surface area contributed by atoms with E-state index in [-0.39, 0.29) is 11.8 Å². The second-order valence-corrected chi connectivity index (χ2v) is 7.44. The highest BCUT2D eigenvalue weighted by Crippen LogP contribution is 2.24. The van der Waals surface area contributed by atoms with Gasteiger partial charge in [-0.05, 0) is 36.2 Å². The van der Waals surface area contributed by atoms with Crippen LogP contribution in [0, 0.1) is 0 Å². The molecule has 28 heavy (non-hydrogen) atoms. The molecule has 0 aliphatic rings. The van der Waals surface area contributed by atoms with Crippen molar-refractivity contribution in [2.75, 3.05) is 25.0 Å². The maximum atomic E-state index is 12.8. The van der Waals surface area contributed by atoms with Crippen molar-refractivity contribution < 1.29 is 4.79 Å². The Bertz CT molecular complexity index is 937. The first kappa shape index (κ1) is 20.0. The van der Waals surface area contributed by atoms with E-state index in [4.69, 9.17) is 11.6 Å². The second kappa shape index (κ2) is 8.93. The lowest BCUT2D eigenvalue weighted by Crippen LogP contribution is -2.33. The molecule has 0 aliphatic heterocycles. The molecule has 1 aromatic heterocycles. The molecule has 6 heteroatoms. The lowest BCUT2D eigenvalue weighted by atomic mass is 10.1. The number of hydrogen-bond donors (Lipinski definition) is 1. The van der Waals surface area contributed by atoms with Crippen molar-refractivity contribution in [3.63, 3.8) is 0 Å². The summed E-state index contributed by atoms with van der Waals surface area (Å²) < 4.78 is 1.79. The average Bonchev–Trinajstić information content (AvgIpc) is 3.14. The number of para-hydroxylation sites is 1. The minimum atomic E-state index is -0.113. The number of anilines is 1. The highest BCUT2D eigenvalue weighted by molar-refractivity contribution is 6.30. The molecule has 0 bridgehead atoms. The first-order chi connectivity index (χ1) is 13.5. The molecule has 0 fully saturated rings. The largest absolute Gasteiger partial charge is 0.373 e. The molecule has 0 unspecified atom stereocenters. The lowest BCUT2D eigenvalue weighted by Gasteiger charge is -2.19. The van der Waals surface area contributed by atoms with Gasteiger partial charge < -0.3 is 10.2 Å². The fraction of sp³-hybridized carbons (Fsp3) is 0.273. The van der Waals surface area contributed by atoms with Gasteiger partial charge in [0.25, 0.3) is 5.91 Å². The molecule has 0 spiro atoms. The van der Waals surface area contributed by atoms with E-state index in [0.717, 1.165) is 23.6 Å². The number of carbonyl (C=O) groups excluding carboxylic acids is 1. The van der Waals surface area contributed by atoms with Gasteiger partial charge in [-0.25, -0.2) is 4.68 Å². The average molecular weight is 397 g/mol. The van der Waals surface area contributed by atoms with Crippen LogP contribution in [-0.4, -0.2) is 35.8 Å². The minimum absolute atomic E-state index is 0.113. The summed E-state index contributed by atoms with van der Waals surface area (Å²) in [6, 6.07) is 17.6. The fourth-order valence-electron chi connectivity index (χ4n) is 3.15. The van der Waals surface area contributed by atoms with Crippen molar-refractivity contribution in [3.05, 3.63) is 77.1 Å². The highest BCUT2D eigenvalue weighted by atomic mass is 35.5. The van der Waals surface area contributed by atoms with Crippen LogP contribution in [0.5, 0.6) is 0 Å². The zero-order valence-corrected chi connectivity index (χ0v) is 17.1. The predicted octanol–water partition coefficient (Wildman–Crippen LogP) is 4.52. The van der Waals surface area contributed by atoms with Crippen molar-refractivity contribution in [2.45, 2.75) is 19.8 Å². The van der Waals surface area contributed by atoms with Crippen LogP contribution >= 0.6 is 11.6 Å². The summed E-state index contributed by atoms with van der Waals surface area (Å²) in [5.74, 6) is 0.0210. The smallest absolute Gasteiger partial charge is 0.254 e. The molecule has 1 heterocycles. The van der Waals surface area contributed by atoms with Gasteiger partial charge in [0.05, 0.1) is 23.1 Å². The number of amides is 1. The van der Waals surface area contributed by atoms with Gasteiger partial charge in [-0.2, -0.15) is 5.10 Å². The van der Waals surface area contributed by atoms with Crippen molar-refractivity contribution in [2.24, 2.45) is 0 Å². The number of nitrogens with zero attached hydrogens (tertiary/aromatic N) is 3. The van der Waals surface area contributed by atoms with Crippen molar-refractivity contribution in [3.8, 4) is 5.69 Å². The summed E-state index contributed by atoms with van der Waals surface area (Å²) in [5, 5.41) is 8.10. The second-order valence-electron chi connectivity index (χ2n) is 7.00. The quantitative estimate of drug-likeness (QED) is 0.639. The van der Waals surface area contributed by atoms with Gasteiger partial charge in [0.2, 0.25) is 0 Å². The van der Waals surface area contributed by atoms with E-state index in [9.17, 15) is 4.79 Å². The summed E-state index contributed by atoms with van der Waals surface area (Å²) in [6.45, 7) is 5.37. The van der Waals surface area contributed by atoms with Crippen LogP contribution in [0.25, 0.3) is 5.69 Å². The molecule has 3 rings (SSSR count). The SMILES string of the molecule is CC(C)c1c(C(=O)NCCN(C)c2ccccc2)cnn1-c1cccc(Cl)c1. The van der Waals surface area contributed by atoms with E-state index in [0.29, 0.717) is 17.1 Å². The summed E-state index contributed by atoms with van der Waals surface area (Å²) in [7, 11) is 2.01. The van der Waals surface area contributed by atoms with E-state index in [1.165, 1.54) is 0 Å². The molecule has 1 N–H and O–H groups in total. The van der Waals surface area contributed by atoms with Gasteiger partial charge in [0, 0.05) is 30.8 Å². The third-order valence-electron chi connectivity index (χ3n) is 4.58. The van der Waals surface area contributed by atoms with Crippen LogP contribution < -0.4 is 10.2 Å². The molecule has 5 nitrogen and oxygen atoms in total. The Labute approximate surface area is 170 Å². The first-order valence-electron chi connectivity index (χ1n) is 9.35. The normalized spacial score (nSPS) is 10.9. The Morgan fingerprint density at radius 3 is 2.61 bits per heavy atom. The summed E-state index contributed by atoms with van der Waals surface area (Å²) in [4.78, 5) is 14.9. The summed E-state index contributed by atoms with van der Waals surface area (Å²) >= 11 is 6.12. The van der Waals surface area contributed by atoms with E-state index in [2.05, 4.69) is 29.2 Å². The predicted molar refractivity (Wildman–Crippen MR) is 115 cm³/mol. The number of hydrogen-bond acceptors (Lipinski definition) is 3. The zero-order valence-electron chi connectivity index (χ0n) is 16.4. The fourth-order valence-corrected chi connectivity index (χ4v) is 3.33. The van der Waals surface area contributed by atoms with Crippen LogP contribution in [0.15, 0.2) is 60.8 Å². The zero-order chi connectivity index (χ0) is 20.1. The number of aromatic nitrogens is 2. The molecular formula is C22H25ClN4O. The van der Waals surface area contributed by atoms with Crippen LogP contribution in [0.2, 0.25) is 5.02 Å². The van der Waals surface area contributed by atoms with Gasteiger partial charge in [-0.3, -0.25) is 4.79 Å². The molecule has 0 atom stereocenters. The van der Waals surface area contributed by atoms with Gasteiger partial charge in [-0.15, -0.1) is 0 Å². The Balaban J connectivity index is 1.71. The maximum Gasteiger partial charge on any atom is 0.254 e. The number of carbonyl (C=O) groups is 1. The first-order valence-corrected chi connectivity index (χ1v) is 9.73. The van der Waals surface area contributed by atoms with E-state index >= 15 is 0 Å². The monoisotopic (exact) mass is 396 g/mol. The number of halogens is 1. The van der Waals surface area contributed by atoms with Gasteiger partial charge >= 0.3 is 0 Å². The molecule has 3 aromatic rings. The lowest BCUT2D eigenvalue weighted by molar-refractivity contribution is 0.0953. The maximum absolute atomic E-state index is 12.8. The molecular weight excluding hydrogens is 372 g/mol. The minimum Gasteiger partial charge on any atom is -0.373 e. The van der Waals surface area contributed by atoms with Gasteiger partial charge in [-0.1, -0.05) is 49.7 Å². The van der Waals surface area contributed by atoms with E-state index in [1.807, 2.05) is 61.6 Å². The number of nitrogens with one attached hydrogen (secondary N) is 1. The van der Waals surface area contributed by atoms with Gasteiger partial charge in [0.1, 0.15) is 0 Å². The van der Waals surface area contributed by atoms with Gasteiger partial charge in [0.15, 0.2) is 0 Å². The van der Waals surface area contributed by atoms with Crippen LogP contribution in [0.1, 0.15) is 35.8 Å². The van der Waals surface area contributed by atoms with Crippen LogP contribution in [0.4, 0.5) is 5.69 Å². The molecule has 146 valence electrons. The van der Waals surface area contributed by atoms with Crippen molar-refractivity contribution in [1.82, 2.24) is 15.1 Å². The van der Waals surface area contributed by atoms with E-state index < -0.39 is 0 Å². The van der Waals surface area contributed by atoms with E-state index in [1.54, 1.807) is 10.9 Å². The molecule has 0 radical (unpaired) electrons. The van der Waals surface area contributed by atoms with Crippen LogP contribution in [0.3, 0.4) is 0 Å². The Morgan fingerprint density at radius 2 is 1.93 bits per heavy atom. The number of rotatable bonds is 7. The Morgan fingerprint density at radius 1 is 1.18 bits per heavy atom. The molecule has 0 saturated carbocycles. The standard InChI is InChI=1S/C22H25ClN4O/c1-16(2)21-20(15-25-27(21)19-11-7-8-17(23)14-19)22(28)24-12-13-26(3)18-9-5-4-6-10-18/h4-11,14-16H,12-13H2,1-3H3,(H,24,28). The molecule has 2 aromatic carbocycles. The molecule has 0 aliphatic carbocycles. The third-order valence-corrected chi connectivity index (χ3v) is 4.82. The highest BCUT2D eigenvalue weighted by Gasteiger charge is 2.20. The molecule has 0 saturated heterocycles. The third kappa shape index (κ3) is 4.54. The number of benzene rings is 2.